The summed E-state index contributed by atoms with van der Waals surface area (Å²) in [5, 5.41) is 0. The highest BCUT2D eigenvalue weighted by atomic mass is 19.2. The molecule has 1 N–H and O–H groups in total. The van der Waals surface area contributed by atoms with E-state index < -0.39 is 12.5 Å². The Bertz CT molecular complexity index is 264. The predicted molar refractivity (Wildman–Crippen MR) is 45.3 cm³/mol. The van der Waals surface area contributed by atoms with Crippen molar-refractivity contribution in [2.24, 2.45) is 0 Å². The van der Waals surface area contributed by atoms with Crippen LogP contribution in [0.25, 0.3) is 0 Å². The average molecular weight is 183 g/mol. The third-order valence-electron chi connectivity index (χ3n) is 1.45. The topological polar surface area (TPSA) is 38.3 Å². The van der Waals surface area contributed by atoms with Gasteiger partial charge in [-0.2, -0.15) is 0 Å². The first-order valence-electron chi connectivity index (χ1n) is 3.86. The van der Waals surface area contributed by atoms with Crippen molar-refractivity contribution in [3.63, 3.8) is 0 Å². The van der Waals surface area contributed by atoms with Gasteiger partial charge in [-0.05, 0) is 5.56 Å². The SMILES string of the molecule is O=C(CNF)OCc1ccccc1. The summed E-state index contributed by atoms with van der Waals surface area (Å²) in [6, 6.07) is 9.22. The molecule has 0 aliphatic carbocycles. The Balaban J connectivity index is 2.31. The summed E-state index contributed by atoms with van der Waals surface area (Å²) >= 11 is 0. The third kappa shape index (κ3) is 3.66. The highest BCUT2D eigenvalue weighted by molar-refractivity contribution is 5.71. The van der Waals surface area contributed by atoms with Gasteiger partial charge in [0.2, 0.25) is 0 Å². The fraction of sp³-hybridized carbons (Fsp3) is 0.222. The van der Waals surface area contributed by atoms with E-state index in [1.165, 1.54) is 5.54 Å². The molecule has 1 aromatic rings. The fourth-order valence-corrected chi connectivity index (χ4v) is 0.844. The molecule has 0 aliphatic heterocycles. The van der Waals surface area contributed by atoms with E-state index in [9.17, 15) is 9.28 Å². The Hall–Kier alpha value is -1.42. The fourth-order valence-electron chi connectivity index (χ4n) is 0.844. The number of halogens is 1. The van der Waals surface area contributed by atoms with Crippen molar-refractivity contribution in [1.29, 1.82) is 0 Å². The Kier molecular flexibility index (Phi) is 3.92. The van der Waals surface area contributed by atoms with Gasteiger partial charge < -0.3 is 4.74 Å². The van der Waals surface area contributed by atoms with Crippen molar-refractivity contribution >= 4 is 5.97 Å². The number of hydrogen-bond acceptors (Lipinski definition) is 3. The second kappa shape index (κ2) is 5.27. The van der Waals surface area contributed by atoms with Crippen molar-refractivity contribution in [2.75, 3.05) is 6.54 Å². The summed E-state index contributed by atoms with van der Waals surface area (Å²) < 4.78 is 16.1. The Morgan fingerprint density at radius 1 is 1.38 bits per heavy atom. The molecule has 4 heteroatoms. The van der Waals surface area contributed by atoms with E-state index in [4.69, 9.17) is 4.74 Å². The molecule has 0 aliphatic rings. The van der Waals surface area contributed by atoms with Gasteiger partial charge in [0.1, 0.15) is 13.2 Å². The minimum Gasteiger partial charge on any atom is -0.460 e. The van der Waals surface area contributed by atoms with Gasteiger partial charge in [-0.25, -0.2) is 0 Å². The van der Waals surface area contributed by atoms with E-state index in [0.29, 0.717) is 0 Å². The van der Waals surface area contributed by atoms with Crippen LogP contribution < -0.4 is 5.54 Å². The van der Waals surface area contributed by atoms with Crippen molar-refractivity contribution in [2.45, 2.75) is 6.61 Å². The molecule has 13 heavy (non-hydrogen) atoms. The molecule has 0 amide bonds. The normalized spacial score (nSPS) is 9.62. The smallest absolute Gasteiger partial charge is 0.322 e. The van der Waals surface area contributed by atoms with Gasteiger partial charge in [0, 0.05) is 0 Å². The summed E-state index contributed by atoms with van der Waals surface area (Å²) in [5.41, 5.74) is 2.11. The lowest BCUT2D eigenvalue weighted by Crippen LogP contribution is -2.17. The molecular formula is C9H10FNO2. The van der Waals surface area contributed by atoms with Crippen molar-refractivity contribution in [3.05, 3.63) is 35.9 Å². The molecule has 0 heterocycles. The van der Waals surface area contributed by atoms with Crippen molar-refractivity contribution < 1.29 is 14.0 Å². The molecule has 1 rings (SSSR count). The molecule has 0 unspecified atom stereocenters. The molecular weight excluding hydrogens is 173 g/mol. The third-order valence-corrected chi connectivity index (χ3v) is 1.45. The van der Waals surface area contributed by atoms with E-state index >= 15 is 0 Å². The van der Waals surface area contributed by atoms with Gasteiger partial charge in [0.25, 0.3) is 0 Å². The largest absolute Gasteiger partial charge is 0.460 e. The van der Waals surface area contributed by atoms with Crippen LogP contribution in [0, 0.1) is 0 Å². The molecule has 3 nitrogen and oxygen atoms in total. The van der Waals surface area contributed by atoms with E-state index in [1.807, 2.05) is 30.3 Å². The van der Waals surface area contributed by atoms with Crippen LogP contribution in [0.15, 0.2) is 30.3 Å². The van der Waals surface area contributed by atoms with Crippen LogP contribution in [0.2, 0.25) is 0 Å². The number of carbonyl (C=O) groups is 1. The second-order valence-electron chi connectivity index (χ2n) is 2.46. The minimum absolute atomic E-state index is 0.182. The van der Waals surface area contributed by atoms with E-state index in [-0.39, 0.29) is 6.61 Å². The highest BCUT2D eigenvalue weighted by Crippen LogP contribution is 2.00. The maximum absolute atomic E-state index is 11.4. The van der Waals surface area contributed by atoms with E-state index in [2.05, 4.69) is 0 Å². The molecule has 0 atom stereocenters. The molecule has 0 aromatic heterocycles. The molecule has 0 saturated heterocycles. The number of rotatable bonds is 4. The first kappa shape index (κ1) is 9.67. The Morgan fingerprint density at radius 2 is 2.08 bits per heavy atom. The lowest BCUT2D eigenvalue weighted by atomic mass is 10.2. The van der Waals surface area contributed by atoms with Crippen LogP contribution in [0.5, 0.6) is 0 Å². The standard InChI is InChI=1S/C9H10FNO2/c10-11-6-9(12)13-7-8-4-2-1-3-5-8/h1-5,11H,6-7H2. The molecule has 70 valence electrons. The summed E-state index contributed by atoms with van der Waals surface area (Å²) in [6.07, 6.45) is 0. The van der Waals surface area contributed by atoms with Gasteiger partial charge in [-0.15, -0.1) is 10.0 Å². The summed E-state index contributed by atoms with van der Waals surface area (Å²) in [4.78, 5) is 10.7. The summed E-state index contributed by atoms with van der Waals surface area (Å²) in [6.45, 7) is -0.228. The average Bonchev–Trinajstić information content (AvgIpc) is 2.17. The highest BCUT2D eigenvalue weighted by Gasteiger charge is 2.01. The first-order chi connectivity index (χ1) is 6.33. The molecule has 1 aromatic carbocycles. The number of nitrogens with one attached hydrogen (secondary N) is 1. The number of benzene rings is 1. The summed E-state index contributed by atoms with van der Waals surface area (Å²) in [5.74, 6) is -0.605. The molecule has 0 saturated carbocycles. The van der Waals surface area contributed by atoms with Gasteiger partial charge in [0.05, 0.1) is 0 Å². The molecule has 0 fully saturated rings. The number of hydrogen-bond donors (Lipinski definition) is 1. The Labute approximate surface area is 75.5 Å². The monoisotopic (exact) mass is 183 g/mol. The van der Waals surface area contributed by atoms with Gasteiger partial charge in [0.15, 0.2) is 0 Å². The van der Waals surface area contributed by atoms with Crippen LogP contribution in [-0.2, 0) is 16.1 Å². The van der Waals surface area contributed by atoms with Crippen LogP contribution in [0.3, 0.4) is 0 Å². The maximum Gasteiger partial charge on any atom is 0.322 e. The van der Waals surface area contributed by atoms with Crippen LogP contribution in [0.4, 0.5) is 4.48 Å². The number of ether oxygens (including phenoxy) is 1. The van der Waals surface area contributed by atoms with Crippen LogP contribution in [-0.4, -0.2) is 12.5 Å². The Morgan fingerprint density at radius 3 is 2.69 bits per heavy atom. The van der Waals surface area contributed by atoms with Crippen LogP contribution >= 0.6 is 0 Å². The van der Waals surface area contributed by atoms with Crippen molar-refractivity contribution in [3.8, 4) is 0 Å². The quantitative estimate of drug-likeness (QED) is 0.563. The molecule has 0 radical (unpaired) electrons. The maximum atomic E-state index is 11.4. The lowest BCUT2D eigenvalue weighted by Gasteiger charge is -2.02. The zero-order valence-corrected chi connectivity index (χ0v) is 7.00. The zero-order chi connectivity index (χ0) is 9.52. The van der Waals surface area contributed by atoms with Gasteiger partial charge in [-0.3, -0.25) is 4.79 Å². The lowest BCUT2D eigenvalue weighted by molar-refractivity contribution is -0.144. The first-order valence-corrected chi connectivity index (χ1v) is 3.86. The van der Waals surface area contributed by atoms with Gasteiger partial charge >= 0.3 is 5.97 Å². The van der Waals surface area contributed by atoms with Crippen molar-refractivity contribution in [1.82, 2.24) is 5.54 Å². The van der Waals surface area contributed by atoms with Crippen LogP contribution in [0.1, 0.15) is 5.56 Å². The molecule has 0 spiro atoms. The van der Waals surface area contributed by atoms with E-state index in [0.717, 1.165) is 5.56 Å². The minimum atomic E-state index is -0.605. The molecule has 0 bridgehead atoms. The van der Waals surface area contributed by atoms with E-state index in [1.54, 1.807) is 0 Å². The summed E-state index contributed by atoms with van der Waals surface area (Å²) in [7, 11) is 0. The second-order valence-corrected chi connectivity index (χ2v) is 2.46. The number of carbonyl (C=O) groups excluding carboxylic acids is 1. The zero-order valence-electron chi connectivity index (χ0n) is 7.00. The number of esters is 1. The van der Waals surface area contributed by atoms with Gasteiger partial charge in [-0.1, -0.05) is 30.3 Å². The predicted octanol–water partition coefficient (Wildman–Crippen LogP) is 1.20.